The van der Waals surface area contributed by atoms with E-state index in [-0.39, 0.29) is 5.91 Å². The van der Waals surface area contributed by atoms with E-state index in [4.69, 9.17) is 5.26 Å². The number of rotatable bonds is 7. The van der Waals surface area contributed by atoms with Crippen molar-refractivity contribution >= 4 is 5.91 Å². The van der Waals surface area contributed by atoms with Crippen LogP contribution in [0.5, 0.6) is 0 Å². The lowest BCUT2D eigenvalue weighted by Crippen LogP contribution is -2.34. The van der Waals surface area contributed by atoms with Gasteiger partial charge in [-0.25, -0.2) is 0 Å². The molecule has 1 saturated carbocycles. The highest BCUT2D eigenvalue weighted by molar-refractivity contribution is 5.76. The van der Waals surface area contributed by atoms with Gasteiger partial charge in [-0.1, -0.05) is 0 Å². The molecule has 1 aliphatic carbocycles. The highest BCUT2D eigenvalue weighted by Gasteiger charge is 2.31. The number of carbonyl (C=O) groups excluding carboxylic acids is 1. The van der Waals surface area contributed by atoms with Crippen LogP contribution in [-0.2, 0) is 4.79 Å². The first-order valence-corrected chi connectivity index (χ1v) is 5.60. The van der Waals surface area contributed by atoms with Crippen molar-refractivity contribution in [3.63, 3.8) is 0 Å². The second-order valence-electron chi connectivity index (χ2n) is 3.93. The first kappa shape index (κ1) is 12.0. The summed E-state index contributed by atoms with van der Waals surface area (Å²) >= 11 is 0. The third-order valence-corrected chi connectivity index (χ3v) is 2.59. The summed E-state index contributed by atoms with van der Waals surface area (Å²) in [5, 5.41) is 11.5. The molecule has 0 aromatic rings. The lowest BCUT2D eigenvalue weighted by Gasteiger charge is -2.21. The molecule has 0 aromatic carbocycles. The fourth-order valence-electron chi connectivity index (χ4n) is 1.63. The maximum Gasteiger partial charge on any atom is 0.222 e. The van der Waals surface area contributed by atoms with E-state index in [9.17, 15) is 4.79 Å². The maximum atomic E-state index is 11.8. The van der Waals surface area contributed by atoms with Gasteiger partial charge in [0.25, 0.3) is 0 Å². The molecule has 0 spiro atoms. The van der Waals surface area contributed by atoms with Crippen LogP contribution in [0.15, 0.2) is 0 Å². The first-order chi connectivity index (χ1) is 7.29. The van der Waals surface area contributed by atoms with Crippen LogP contribution in [0.1, 0.15) is 32.1 Å². The van der Waals surface area contributed by atoms with Crippen LogP contribution < -0.4 is 5.32 Å². The maximum absolute atomic E-state index is 11.8. The Labute approximate surface area is 91.2 Å². The zero-order valence-electron chi connectivity index (χ0n) is 9.33. The smallest absolute Gasteiger partial charge is 0.222 e. The van der Waals surface area contributed by atoms with E-state index in [0.717, 1.165) is 25.8 Å². The molecule has 4 heteroatoms. The summed E-state index contributed by atoms with van der Waals surface area (Å²) in [6, 6.07) is 2.53. The van der Waals surface area contributed by atoms with Gasteiger partial charge < -0.3 is 10.2 Å². The Bertz CT molecular complexity index is 243. The Morgan fingerprint density at radius 1 is 1.60 bits per heavy atom. The van der Waals surface area contributed by atoms with Crippen LogP contribution in [0.2, 0.25) is 0 Å². The van der Waals surface area contributed by atoms with Gasteiger partial charge in [0.05, 0.1) is 12.5 Å². The standard InChI is InChI=1S/C11H19N3O/c1-13-8-2-4-11(15)14(9-3-7-12)10-5-6-10/h10,13H,2-6,8-9H2,1H3. The zero-order chi connectivity index (χ0) is 11.1. The molecule has 0 saturated heterocycles. The number of carbonyl (C=O) groups is 1. The van der Waals surface area contributed by atoms with Crippen LogP contribution in [0, 0.1) is 11.3 Å². The van der Waals surface area contributed by atoms with Crippen molar-refractivity contribution in [2.45, 2.75) is 38.1 Å². The Balaban J connectivity index is 2.28. The van der Waals surface area contributed by atoms with Crippen LogP contribution in [0.25, 0.3) is 0 Å². The summed E-state index contributed by atoms with van der Waals surface area (Å²) < 4.78 is 0. The number of amides is 1. The van der Waals surface area contributed by atoms with Gasteiger partial charge in [0.15, 0.2) is 0 Å². The van der Waals surface area contributed by atoms with E-state index in [1.54, 1.807) is 0 Å². The molecular formula is C11H19N3O. The van der Waals surface area contributed by atoms with E-state index in [0.29, 0.717) is 25.4 Å². The lowest BCUT2D eigenvalue weighted by molar-refractivity contribution is -0.131. The van der Waals surface area contributed by atoms with Gasteiger partial charge in [-0.15, -0.1) is 0 Å². The van der Waals surface area contributed by atoms with E-state index in [1.165, 1.54) is 0 Å². The number of nitrogens with zero attached hydrogens (tertiary/aromatic N) is 2. The van der Waals surface area contributed by atoms with Gasteiger partial charge >= 0.3 is 0 Å². The Morgan fingerprint density at radius 2 is 2.33 bits per heavy atom. The summed E-state index contributed by atoms with van der Waals surface area (Å²) in [7, 11) is 1.89. The molecule has 1 aliphatic rings. The normalized spacial score (nSPS) is 14.7. The van der Waals surface area contributed by atoms with Crippen LogP contribution in [0.4, 0.5) is 0 Å². The van der Waals surface area contributed by atoms with Gasteiger partial charge in [-0.05, 0) is 32.9 Å². The fraction of sp³-hybridized carbons (Fsp3) is 0.818. The van der Waals surface area contributed by atoms with E-state index >= 15 is 0 Å². The monoisotopic (exact) mass is 209 g/mol. The Kier molecular flexibility index (Phi) is 5.13. The number of hydrogen-bond donors (Lipinski definition) is 1. The topological polar surface area (TPSA) is 56.1 Å². The molecule has 84 valence electrons. The summed E-state index contributed by atoms with van der Waals surface area (Å²) in [4.78, 5) is 13.7. The van der Waals surface area contributed by atoms with Gasteiger partial charge in [-0.3, -0.25) is 4.79 Å². The molecule has 1 amide bonds. The first-order valence-electron chi connectivity index (χ1n) is 5.60. The van der Waals surface area contributed by atoms with Crippen molar-refractivity contribution in [2.24, 2.45) is 0 Å². The minimum Gasteiger partial charge on any atom is -0.339 e. The Morgan fingerprint density at radius 3 is 2.87 bits per heavy atom. The molecule has 15 heavy (non-hydrogen) atoms. The number of nitriles is 1. The van der Waals surface area contributed by atoms with Crippen LogP contribution >= 0.6 is 0 Å². The third-order valence-electron chi connectivity index (χ3n) is 2.59. The second-order valence-corrected chi connectivity index (χ2v) is 3.93. The quantitative estimate of drug-likeness (QED) is 0.633. The summed E-state index contributed by atoms with van der Waals surface area (Å²) in [5.74, 6) is 0.211. The van der Waals surface area contributed by atoms with E-state index in [2.05, 4.69) is 11.4 Å². The summed E-state index contributed by atoms with van der Waals surface area (Å²) in [6.45, 7) is 1.49. The predicted molar refractivity (Wildman–Crippen MR) is 58.1 cm³/mol. The van der Waals surface area contributed by atoms with E-state index < -0.39 is 0 Å². The minimum absolute atomic E-state index is 0.211. The van der Waals surface area contributed by atoms with Crippen LogP contribution in [-0.4, -0.2) is 37.0 Å². The molecule has 0 atom stereocenters. The predicted octanol–water partition coefficient (Wildman–Crippen LogP) is 0.891. The van der Waals surface area contributed by atoms with Crippen molar-refractivity contribution in [3.8, 4) is 6.07 Å². The van der Waals surface area contributed by atoms with Gasteiger partial charge in [0.1, 0.15) is 0 Å². The molecular weight excluding hydrogens is 190 g/mol. The highest BCUT2D eigenvalue weighted by atomic mass is 16.2. The van der Waals surface area contributed by atoms with Crippen molar-refractivity contribution in [1.29, 1.82) is 5.26 Å². The number of hydrogen-bond acceptors (Lipinski definition) is 3. The molecule has 0 bridgehead atoms. The molecule has 0 heterocycles. The minimum atomic E-state index is 0.211. The molecule has 1 fully saturated rings. The van der Waals surface area contributed by atoms with Gasteiger partial charge in [-0.2, -0.15) is 5.26 Å². The average Bonchev–Trinajstić information content (AvgIpc) is 3.03. The summed E-state index contributed by atoms with van der Waals surface area (Å²) in [5.41, 5.74) is 0. The molecule has 0 radical (unpaired) electrons. The van der Waals surface area contributed by atoms with Crippen LogP contribution in [0.3, 0.4) is 0 Å². The largest absolute Gasteiger partial charge is 0.339 e. The highest BCUT2D eigenvalue weighted by Crippen LogP contribution is 2.27. The fourth-order valence-corrected chi connectivity index (χ4v) is 1.63. The molecule has 1 rings (SSSR count). The lowest BCUT2D eigenvalue weighted by atomic mass is 10.2. The van der Waals surface area contributed by atoms with Crippen molar-refractivity contribution in [2.75, 3.05) is 20.1 Å². The van der Waals surface area contributed by atoms with Crippen molar-refractivity contribution in [3.05, 3.63) is 0 Å². The van der Waals surface area contributed by atoms with E-state index in [1.807, 2.05) is 11.9 Å². The molecule has 0 aromatic heterocycles. The molecule has 4 nitrogen and oxygen atoms in total. The number of nitrogens with one attached hydrogen (secondary N) is 1. The van der Waals surface area contributed by atoms with Gasteiger partial charge in [0.2, 0.25) is 5.91 Å². The second kappa shape index (κ2) is 6.41. The summed E-state index contributed by atoms with van der Waals surface area (Å²) in [6.07, 6.45) is 4.16. The van der Waals surface area contributed by atoms with Crippen molar-refractivity contribution in [1.82, 2.24) is 10.2 Å². The molecule has 0 aliphatic heterocycles. The average molecular weight is 209 g/mol. The van der Waals surface area contributed by atoms with Crippen molar-refractivity contribution < 1.29 is 4.79 Å². The molecule has 1 N–H and O–H groups in total. The Hall–Kier alpha value is -1.08. The SMILES string of the molecule is CNCCCC(=O)N(CCC#N)C1CC1. The third kappa shape index (κ3) is 4.30. The zero-order valence-corrected chi connectivity index (χ0v) is 9.33. The van der Waals surface area contributed by atoms with Gasteiger partial charge in [0, 0.05) is 19.0 Å². The molecule has 0 unspecified atom stereocenters.